The Morgan fingerprint density at radius 2 is 1.77 bits per heavy atom. The molecule has 2 aromatic carbocycles. The molecule has 7 heteroatoms. The van der Waals surface area contributed by atoms with Crippen molar-refractivity contribution < 1.29 is 18.3 Å². The first-order valence-electron chi connectivity index (χ1n) is 8.28. The predicted octanol–water partition coefficient (Wildman–Crippen LogP) is 3.17. The van der Waals surface area contributed by atoms with Gasteiger partial charge in [-0.25, -0.2) is 0 Å². The minimum Gasteiger partial charge on any atom is -0.434 e. The molecule has 26 heavy (non-hydrogen) atoms. The summed E-state index contributed by atoms with van der Waals surface area (Å²) in [5, 5.41) is 6.18. The molecule has 2 rings (SSSR count). The van der Waals surface area contributed by atoms with Crippen molar-refractivity contribution in [2.45, 2.75) is 19.8 Å². The molecule has 5 nitrogen and oxygen atoms in total. The van der Waals surface area contributed by atoms with Crippen LogP contribution in [0.1, 0.15) is 11.1 Å². The lowest BCUT2D eigenvalue weighted by atomic mass is 10.2. The summed E-state index contributed by atoms with van der Waals surface area (Å²) in [6.07, 6.45) is 0. The first-order valence-corrected chi connectivity index (χ1v) is 8.28. The number of halogens is 2. The van der Waals surface area contributed by atoms with Crippen LogP contribution >= 0.6 is 0 Å². The van der Waals surface area contributed by atoms with Gasteiger partial charge in [0.05, 0.1) is 13.2 Å². The summed E-state index contributed by atoms with van der Waals surface area (Å²) in [4.78, 5) is 4.10. The Hall–Kier alpha value is -2.67. The molecule has 0 saturated heterocycles. The number of hydrogen-bond donors (Lipinski definition) is 2. The van der Waals surface area contributed by atoms with Gasteiger partial charge in [-0.05, 0) is 11.6 Å². The Kier molecular flexibility index (Phi) is 8.35. The molecule has 0 radical (unpaired) electrons. The van der Waals surface area contributed by atoms with E-state index in [-0.39, 0.29) is 5.75 Å². The van der Waals surface area contributed by atoms with Crippen molar-refractivity contribution >= 4 is 5.96 Å². The van der Waals surface area contributed by atoms with Crippen molar-refractivity contribution in [2.75, 3.05) is 20.2 Å². The number of hydrogen-bond acceptors (Lipinski definition) is 3. The highest BCUT2D eigenvalue weighted by molar-refractivity contribution is 5.79. The lowest BCUT2D eigenvalue weighted by molar-refractivity contribution is -0.0504. The predicted molar refractivity (Wildman–Crippen MR) is 97.4 cm³/mol. The van der Waals surface area contributed by atoms with Gasteiger partial charge in [-0.3, -0.25) is 4.99 Å². The van der Waals surface area contributed by atoms with Gasteiger partial charge in [0.2, 0.25) is 0 Å². The summed E-state index contributed by atoms with van der Waals surface area (Å²) < 4.78 is 35.0. The molecule has 0 heterocycles. The Bertz CT molecular complexity index is 681. The van der Waals surface area contributed by atoms with Gasteiger partial charge in [-0.15, -0.1) is 0 Å². The first kappa shape index (κ1) is 19.7. The largest absolute Gasteiger partial charge is 0.434 e. The second-order valence-corrected chi connectivity index (χ2v) is 5.38. The van der Waals surface area contributed by atoms with Crippen molar-refractivity contribution in [3.8, 4) is 5.75 Å². The maximum absolute atomic E-state index is 12.4. The molecule has 0 saturated carbocycles. The van der Waals surface area contributed by atoms with Gasteiger partial charge >= 0.3 is 6.61 Å². The van der Waals surface area contributed by atoms with Crippen molar-refractivity contribution in [2.24, 2.45) is 4.99 Å². The van der Waals surface area contributed by atoms with Crippen molar-refractivity contribution in [1.82, 2.24) is 10.6 Å². The Balaban J connectivity index is 1.71. The zero-order chi connectivity index (χ0) is 18.6. The molecule has 0 atom stereocenters. The maximum atomic E-state index is 12.4. The van der Waals surface area contributed by atoms with Crippen LogP contribution in [-0.4, -0.2) is 32.8 Å². The monoisotopic (exact) mass is 363 g/mol. The molecule has 0 aliphatic rings. The van der Waals surface area contributed by atoms with Crippen molar-refractivity contribution in [3.63, 3.8) is 0 Å². The molecule has 2 aromatic rings. The number of alkyl halides is 2. The fraction of sp³-hybridized carbons (Fsp3) is 0.316. The molecule has 0 aromatic heterocycles. The molecule has 2 N–H and O–H groups in total. The van der Waals surface area contributed by atoms with Crippen LogP contribution in [-0.2, 0) is 17.9 Å². The Morgan fingerprint density at radius 1 is 1.04 bits per heavy atom. The normalized spacial score (nSPS) is 11.5. The van der Waals surface area contributed by atoms with Crippen LogP contribution in [0.25, 0.3) is 0 Å². The van der Waals surface area contributed by atoms with Gasteiger partial charge in [-0.2, -0.15) is 8.78 Å². The van der Waals surface area contributed by atoms with E-state index in [0.717, 1.165) is 5.56 Å². The van der Waals surface area contributed by atoms with Gasteiger partial charge in [0.25, 0.3) is 0 Å². The maximum Gasteiger partial charge on any atom is 0.387 e. The highest BCUT2D eigenvalue weighted by Crippen LogP contribution is 2.19. The fourth-order valence-electron chi connectivity index (χ4n) is 2.27. The first-order chi connectivity index (χ1) is 12.7. The summed E-state index contributed by atoms with van der Waals surface area (Å²) in [6.45, 7) is -0.904. The molecule has 0 fully saturated rings. The summed E-state index contributed by atoms with van der Waals surface area (Å²) in [5.74, 6) is 0.705. The molecule has 0 aliphatic carbocycles. The summed E-state index contributed by atoms with van der Waals surface area (Å²) >= 11 is 0. The third-order valence-corrected chi connectivity index (χ3v) is 3.51. The van der Waals surface area contributed by atoms with E-state index >= 15 is 0 Å². The summed E-state index contributed by atoms with van der Waals surface area (Å²) in [5.41, 5.74) is 1.74. The van der Waals surface area contributed by atoms with E-state index in [1.54, 1.807) is 25.2 Å². The van der Waals surface area contributed by atoms with Gasteiger partial charge in [0, 0.05) is 25.7 Å². The van der Waals surface area contributed by atoms with E-state index in [2.05, 4.69) is 20.4 Å². The SMILES string of the molecule is CN=C(NCCOCc1ccccc1)NCc1ccccc1OC(F)F. The minimum absolute atomic E-state index is 0.150. The molecule has 0 unspecified atom stereocenters. The third kappa shape index (κ3) is 7.06. The second-order valence-electron chi connectivity index (χ2n) is 5.38. The quantitative estimate of drug-likeness (QED) is 0.408. The molecular formula is C19H23F2N3O2. The fourth-order valence-corrected chi connectivity index (χ4v) is 2.27. The average Bonchev–Trinajstić information content (AvgIpc) is 2.65. The number of guanidine groups is 1. The number of benzene rings is 2. The van der Waals surface area contributed by atoms with Gasteiger partial charge in [-0.1, -0.05) is 48.5 Å². The van der Waals surface area contributed by atoms with E-state index in [1.165, 1.54) is 6.07 Å². The highest BCUT2D eigenvalue weighted by atomic mass is 19.3. The standard InChI is InChI=1S/C19H23F2N3O2/c1-22-19(23-11-12-25-14-15-7-3-2-4-8-15)24-13-16-9-5-6-10-17(16)26-18(20)21/h2-10,18H,11-14H2,1H3,(H2,22,23,24). The molecule has 0 spiro atoms. The highest BCUT2D eigenvalue weighted by Gasteiger charge is 2.09. The number of nitrogens with zero attached hydrogens (tertiary/aromatic N) is 1. The lowest BCUT2D eigenvalue weighted by Crippen LogP contribution is -2.38. The van der Waals surface area contributed by atoms with E-state index in [9.17, 15) is 8.78 Å². The van der Waals surface area contributed by atoms with E-state index in [0.29, 0.717) is 37.8 Å². The molecule has 140 valence electrons. The number of nitrogens with one attached hydrogen (secondary N) is 2. The van der Waals surface area contributed by atoms with Crippen LogP contribution in [0, 0.1) is 0 Å². The Morgan fingerprint density at radius 3 is 2.50 bits per heavy atom. The topological polar surface area (TPSA) is 54.9 Å². The number of ether oxygens (including phenoxy) is 2. The zero-order valence-corrected chi connectivity index (χ0v) is 14.6. The summed E-state index contributed by atoms with van der Waals surface area (Å²) in [6, 6.07) is 16.6. The molecule has 0 aliphatic heterocycles. The second kappa shape index (κ2) is 11.0. The van der Waals surface area contributed by atoms with Gasteiger partial charge in [0.1, 0.15) is 5.75 Å². The van der Waals surface area contributed by atoms with Crippen LogP contribution in [0.3, 0.4) is 0 Å². The molecule has 0 bridgehead atoms. The Labute approximate surface area is 152 Å². The van der Waals surface area contributed by atoms with Gasteiger partial charge in [0.15, 0.2) is 5.96 Å². The van der Waals surface area contributed by atoms with Crippen LogP contribution in [0.2, 0.25) is 0 Å². The van der Waals surface area contributed by atoms with Crippen LogP contribution < -0.4 is 15.4 Å². The number of para-hydroxylation sites is 1. The minimum atomic E-state index is -2.85. The zero-order valence-electron chi connectivity index (χ0n) is 14.6. The smallest absolute Gasteiger partial charge is 0.387 e. The van der Waals surface area contributed by atoms with Crippen molar-refractivity contribution in [3.05, 3.63) is 65.7 Å². The van der Waals surface area contributed by atoms with Crippen LogP contribution in [0.5, 0.6) is 5.75 Å². The van der Waals surface area contributed by atoms with E-state index in [1.807, 2.05) is 30.3 Å². The van der Waals surface area contributed by atoms with Crippen LogP contribution in [0.15, 0.2) is 59.6 Å². The lowest BCUT2D eigenvalue weighted by Gasteiger charge is -2.14. The summed E-state index contributed by atoms with van der Waals surface area (Å²) in [7, 11) is 1.64. The number of aliphatic imine (C=N–C) groups is 1. The van der Waals surface area contributed by atoms with E-state index < -0.39 is 6.61 Å². The van der Waals surface area contributed by atoms with Crippen molar-refractivity contribution in [1.29, 1.82) is 0 Å². The average molecular weight is 363 g/mol. The third-order valence-electron chi connectivity index (χ3n) is 3.51. The molecule has 0 amide bonds. The van der Waals surface area contributed by atoms with E-state index in [4.69, 9.17) is 4.74 Å². The molecular weight excluding hydrogens is 340 g/mol. The van der Waals surface area contributed by atoms with Crippen LogP contribution in [0.4, 0.5) is 8.78 Å². The van der Waals surface area contributed by atoms with Gasteiger partial charge < -0.3 is 20.1 Å². The number of rotatable bonds is 9.